The van der Waals surface area contributed by atoms with Crippen molar-refractivity contribution in [3.8, 4) is 17.2 Å². The number of aromatic nitrogens is 2. The minimum absolute atomic E-state index is 0.000743. The van der Waals surface area contributed by atoms with Crippen LogP contribution in [-0.4, -0.2) is 21.9 Å². The van der Waals surface area contributed by atoms with Gasteiger partial charge in [-0.05, 0) is 55.5 Å². The van der Waals surface area contributed by atoms with Gasteiger partial charge in [0.25, 0.3) is 5.56 Å². The number of hydrogen-bond acceptors (Lipinski definition) is 5. The third kappa shape index (κ3) is 6.67. The second-order valence-corrected chi connectivity index (χ2v) is 7.71. The zero-order valence-corrected chi connectivity index (χ0v) is 21.0. The first-order chi connectivity index (χ1) is 18.4. The summed E-state index contributed by atoms with van der Waals surface area (Å²) in [6, 6.07) is 15.0. The largest absolute Gasteiger partial charge is 0.454 e. The molecule has 0 saturated carbocycles. The maximum absolute atomic E-state index is 13.9. The van der Waals surface area contributed by atoms with E-state index in [4.69, 9.17) is 4.74 Å². The van der Waals surface area contributed by atoms with Crippen LogP contribution in [0.1, 0.15) is 25.0 Å². The topological polar surface area (TPSA) is 102 Å². The first-order valence-electron chi connectivity index (χ1n) is 11.7. The summed E-state index contributed by atoms with van der Waals surface area (Å²) < 4.78 is 33.6. The van der Waals surface area contributed by atoms with Crippen LogP contribution in [0.5, 0.6) is 11.5 Å². The Kier molecular flexibility index (Phi) is 9.42. The molecule has 1 aliphatic rings. The molecule has 2 aromatic heterocycles. The molecule has 0 unspecified atom stereocenters. The third-order valence-electron chi connectivity index (χ3n) is 5.23. The van der Waals surface area contributed by atoms with Gasteiger partial charge in [0.1, 0.15) is 17.4 Å². The Labute approximate surface area is 217 Å². The number of pyridine rings is 2. The average molecular weight is 521 g/mol. The molecular weight excluding hydrogens is 494 g/mol. The van der Waals surface area contributed by atoms with Gasteiger partial charge in [0.2, 0.25) is 12.3 Å². The molecule has 0 spiro atoms. The monoisotopic (exact) mass is 520 g/mol. The maximum atomic E-state index is 13.9. The molecule has 196 valence electrons. The summed E-state index contributed by atoms with van der Waals surface area (Å²) in [6.45, 7) is 5.75. The SMILES string of the molecule is CC.Cc1cccn(-c2ccc(F)cc2)c1=O.O=CNc1ccc(Oc2ccnc3c2CC(=O)N3)c(F)c1. The second-order valence-electron chi connectivity index (χ2n) is 7.71. The number of hydrogen-bond donors (Lipinski definition) is 2. The first-order valence-corrected chi connectivity index (χ1v) is 11.7. The van der Waals surface area contributed by atoms with E-state index in [-0.39, 0.29) is 29.5 Å². The van der Waals surface area contributed by atoms with Gasteiger partial charge in [0.05, 0.1) is 6.42 Å². The van der Waals surface area contributed by atoms with Crippen LogP contribution in [0.15, 0.2) is 77.9 Å². The predicted octanol–water partition coefficient (Wildman–Crippen LogP) is 5.39. The second kappa shape index (κ2) is 12.9. The van der Waals surface area contributed by atoms with Crippen molar-refractivity contribution in [1.82, 2.24) is 9.55 Å². The molecule has 2 aromatic carbocycles. The van der Waals surface area contributed by atoms with Crippen molar-refractivity contribution >= 4 is 23.8 Å². The highest BCUT2D eigenvalue weighted by atomic mass is 19.1. The summed E-state index contributed by atoms with van der Waals surface area (Å²) in [5.41, 5.74) is 2.18. The van der Waals surface area contributed by atoms with Crippen molar-refractivity contribution in [2.75, 3.05) is 10.6 Å². The number of nitrogens with zero attached hydrogens (tertiary/aromatic N) is 2. The van der Waals surface area contributed by atoms with E-state index >= 15 is 0 Å². The molecule has 0 radical (unpaired) electrons. The number of ether oxygens (including phenoxy) is 1. The zero-order chi connectivity index (χ0) is 27.7. The van der Waals surface area contributed by atoms with Crippen LogP contribution in [0.2, 0.25) is 0 Å². The number of carbonyl (C=O) groups excluding carboxylic acids is 2. The number of nitrogens with one attached hydrogen (secondary N) is 2. The number of aryl methyl sites for hydroxylation is 1. The minimum atomic E-state index is -0.621. The van der Waals surface area contributed by atoms with Crippen molar-refractivity contribution in [3.63, 3.8) is 0 Å². The molecule has 0 atom stereocenters. The lowest BCUT2D eigenvalue weighted by molar-refractivity contribution is -0.115. The molecule has 8 nitrogen and oxygen atoms in total. The van der Waals surface area contributed by atoms with Crippen LogP contribution in [0.3, 0.4) is 0 Å². The smallest absolute Gasteiger partial charge is 0.257 e. The van der Waals surface area contributed by atoms with Crippen molar-refractivity contribution in [2.45, 2.75) is 27.2 Å². The highest BCUT2D eigenvalue weighted by Crippen LogP contribution is 2.34. The van der Waals surface area contributed by atoms with Crippen LogP contribution < -0.4 is 20.9 Å². The summed E-state index contributed by atoms with van der Waals surface area (Å²) in [5.74, 6) is -0.312. The Morgan fingerprint density at radius 1 is 1.03 bits per heavy atom. The molecule has 0 fully saturated rings. The normalized spacial score (nSPS) is 11.1. The highest BCUT2D eigenvalue weighted by Gasteiger charge is 2.23. The fourth-order valence-electron chi connectivity index (χ4n) is 3.45. The molecule has 0 bridgehead atoms. The van der Waals surface area contributed by atoms with Gasteiger partial charge >= 0.3 is 0 Å². The van der Waals surface area contributed by atoms with E-state index < -0.39 is 5.82 Å². The predicted molar refractivity (Wildman–Crippen MR) is 141 cm³/mol. The van der Waals surface area contributed by atoms with Gasteiger partial charge in [0.15, 0.2) is 11.6 Å². The molecular formula is C28H26F2N4O4. The molecule has 2 amide bonds. The number of fused-ring (bicyclic) bond motifs is 1. The van der Waals surface area contributed by atoms with Crippen LogP contribution >= 0.6 is 0 Å². The molecule has 3 heterocycles. The molecule has 0 saturated heterocycles. The van der Waals surface area contributed by atoms with E-state index in [0.717, 1.165) is 6.07 Å². The van der Waals surface area contributed by atoms with Gasteiger partial charge in [-0.2, -0.15) is 0 Å². The standard InChI is InChI=1S/C14H10FN3O3.C12H10FNO.C2H6/c15-10-5-8(17-7-19)1-2-12(10)21-11-3-4-16-14-9(11)6-13(20)18-14;1-9-3-2-8-14(12(9)15)11-6-4-10(13)5-7-11;1-2/h1-5,7H,6H2,(H,17,19)(H,16,18,20);2-8H,1H3;1-2H3. The summed E-state index contributed by atoms with van der Waals surface area (Å²) in [6.07, 6.45) is 3.75. The fourth-order valence-corrected chi connectivity index (χ4v) is 3.45. The van der Waals surface area contributed by atoms with Gasteiger partial charge in [-0.15, -0.1) is 0 Å². The van der Waals surface area contributed by atoms with Crippen molar-refractivity contribution in [2.24, 2.45) is 0 Å². The van der Waals surface area contributed by atoms with Crippen LogP contribution in [-0.2, 0) is 16.0 Å². The maximum Gasteiger partial charge on any atom is 0.257 e. The van der Waals surface area contributed by atoms with Gasteiger partial charge in [-0.25, -0.2) is 13.8 Å². The quantitative estimate of drug-likeness (QED) is 0.344. The Morgan fingerprint density at radius 3 is 2.45 bits per heavy atom. The van der Waals surface area contributed by atoms with Gasteiger partial charge in [0, 0.05) is 41.0 Å². The Bertz CT molecular complexity index is 1490. The zero-order valence-electron chi connectivity index (χ0n) is 21.0. The van der Waals surface area contributed by atoms with Crippen LogP contribution in [0.4, 0.5) is 20.3 Å². The summed E-state index contributed by atoms with van der Waals surface area (Å²) in [7, 11) is 0. The number of halogens is 2. The number of amides is 2. The number of anilines is 2. The van der Waals surface area contributed by atoms with E-state index in [1.54, 1.807) is 43.5 Å². The molecule has 0 aliphatic carbocycles. The number of carbonyl (C=O) groups is 2. The van der Waals surface area contributed by atoms with Crippen molar-refractivity contribution in [1.29, 1.82) is 0 Å². The highest BCUT2D eigenvalue weighted by molar-refractivity contribution is 5.98. The van der Waals surface area contributed by atoms with Crippen molar-refractivity contribution in [3.05, 3.63) is 106 Å². The summed E-state index contributed by atoms with van der Waals surface area (Å²) >= 11 is 0. The van der Waals surface area contributed by atoms with Gasteiger partial charge < -0.3 is 15.4 Å². The van der Waals surface area contributed by atoms with Crippen molar-refractivity contribution < 1.29 is 23.1 Å². The lowest BCUT2D eigenvalue weighted by Crippen LogP contribution is -2.19. The molecule has 2 N–H and O–H groups in total. The summed E-state index contributed by atoms with van der Waals surface area (Å²) in [5, 5.41) is 4.94. The Balaban J connectivity index is 0.000000208. The van der Waals surface area contributed by atoms with E-state index in [1.807, 2.05) is 13.8 Å². The van der Waals surface area contributed by atoms with Crippen LogP contribution in [0.25, 0.3) is 5.69 Å². The van der Waals surface area contributed by atoms with E-state index in [0.29, 0.717) is 40.5 Å². The molecule has 10 heteroatoms. The van der Waals surface area contributed by atoms with E-state index in [2.05, 4.69) is 15.6 Å². The fraction of sp³-hybridized carbons (Fsp3) is 0.143. The first kappa shape index (κ1) is 27.7. The molecule has 38 heavy (non-hydrogen) atoms. The van der Waals surface area contributed by atoms with E-state index in [1.165, 1.54) is 35.0 Å². The number of rotatable bonds is 5. The van der Waals surface area contributed by atoms with Crippen LogP contribution in [0, 0.1) is 18.6 Å². The minimum Gasteiger partial charge on any atom is -0.454 e. The third-order valence-corrected chi connectivity index (χ3v) is 5.23. The average Bonchev–Trinajstić information content (AvgIpc) is 3.31. The molecule has 4 aromatic rings. The number of benzene rings is 2. The molecule has 5 rings (SSSR count). The molecule has 1 aliphatic heterocycles. The van der Waals surface area contributed by atoms with Gasteiger partial charge in [-0.1, -0.05) is 19.9 Å². The Morgan fingerprint density at radius 2 is 1.76 bits per heavy atom. The lowest BCUT2D eigenvalue weighted by atomic mass is 10.2. The lowest BCUT2D eigenvalue weighted by Gasteiger charge is -2.10. The van der Waals surface area contributed by atoms with Gasteiger partial charge in [-0.3, -0.25) is 19.0 Å². The Hall–Kier alpha value is -4.86. The summed E-state index contributed by atoms with van der Waals surface area (Å²) in [4.78, 5) is 37.4. The van der Waals surface area contributed by atoms with E-state index in [9.17, 15) is 23.2 Å².